The molecule has 1 amide bonds. The molecule has 0 fully saturated rings. The van der Waals surface area contributed by atoms with Gasteiger partial charge < -0.3 is 10.6 Å². The predicted molar refractivity (Wildman–Crippen MR) is 80.9 cm³/mol. The molecule has 1 aromatic heterocycles. The van der Waals surface area contributed by atoms with Gasteiger partial charge in [0.25, 0.3) is 5.56 Å². The topological polar surface area (TPSA) is 81.2 Å². The van der Waals surface area contributed by atoms with Crippen LogP contribution in [0.1, 0.15) is 12.0 Å². The van der Waals surface area contributed by atoms with E-state index in [0.717, 1.165) is 11.3 Å². The summed E-state index contributed by atoms with van der Waals surface area (Å²) < 4.78 is 1.24. The van der Waals surface area contributed by atoms with Crippen LogP contribution in [0.15, 0.2) is 47.4 Å². The normalized spacial score (nSPS) is 10.3. The Hall–Kier alpha value is -2.63. The number of carbonyl (C=O) groups excluding carboxylic acids is 1. The van der Waals surface area contributed by atoms with Crippen LogP contribution in [0.3, 0.4) is 0 Å². The van der Waals surface area contributed by atoms with E-state index in [9.17, 15) is 9.59 Å². The first kappa shape index (κ1) is 14.8. The van der Waals surface area contributed by atoms with Gasteiger partial charge in [-0.15, -0.1) is 0 Å². The van der Waals surface area contributed by atoms with E-state index < -0.39 is 5.91 Å². The fraction of sp³-hybridized carbons (Fsp3) is 0.267. The number of aryl methyl sites for hydroxylation is 1. The lowest BCUT2D eigenvalue weighted by Crippen LogP contribution is -2.27. The number of primary amides is 1. The number of nitrogens with two attached hydrogens (primary N) is 1. The highest BCUT2D eigenvalue weighted by atomic mass is 16.1. The van der Waals surface area contributed by atoms with Gasteiger partial charge in [-0.2, -0.15) is 5.10 Å². The van der Waals surface area contributed by atoms with Gasteiger partial charge in [-0.1, -0.05) is 30.3 Å². The van der Waals surface area contributed by atoms with E-state index in [4.69, 9.17) is 5.73 Å². The lowest BCUT2D eigenvalue weighted by Gasteiger charge is -2.19. The molecule has 2 N–H and O–H groups in total. The SMILES string of the molecule is CN(Cc1ccccc1)c1cnn(CCC(N)=O)c(=O)c1. The fourth-order valence-electron chi connectivity index (χ4n) is 1.97. The number of aromatic nitrogens is 2. The summed E-state index contributed by atoms with van der Waals surface area (Å²) in [4.78, 5) is 24.6. The van der Waals surface area contributed by atoms with Crippen LogP contribution in [0.25, 0.3) is 0 Å². The molecule has 0 aliphatic rings. The Morgan fingerprint density at radius 1 is 1.33 bits per heavy atom. The second kappa shape index (κ2) is 6.69. The molecule has 0 aliphatic heterocycles. The Labute approximate surface area is 122 Å². The molecule has 0 aliphatic carbocycles. The number of hydrogen-bond acceptors (Lipinski definition) is 4. The third-order valence-electron chi connectivity index (χ3n) is 3.13. The van der Waals surface area contributed by atoms with Crippen LogP contribution in [0.2, 0.25) is 0 Å². The molecule has 0 unspecified atom stereocenters. The molecule has 0 radical (unpaired) electrons. The molecule has 110 valence electrons. The molecule has 21 heavy (non-hydrogen) atoms. The van der Waals surface area contributed by atoms with Crippen LogP contribution in [-0.4, -0.2) is 22.7 Å². The van der Waals surface area contributed by atoms with E-state index in [0.29, 0.717) is 6.54 Å². The Balaban J connectivity index is 2.08. The summed E-state index contributed by atoms with van der Waals surface area (Å²) in [6, 6.07) is 11.5. The number of carbonyl (C=O) groups is 1. The lowest BCUT2D eigenvalue weighted by molar-refractivity contribution is -0.118. The van der Waals surface area contributed by atoms with Gasteiger partial charge in [0.1, 0.15) is 0 Å². The average molecular weight is 286 g/mol. The maximum absolute atomic E-state index is 11.9. The summed E-state index contributed by atoms with van der Waals surface area (Å²) in [5.74, 6) is -0.450. The van der Waals surface area contributed by atoms with Crippen molar-refractivity contribution in [2.45, 2.75) is 19.5 Å². The van der Waals surface area contributed by atoms with Crippen molar-refractivity contribution in [3.8, 4) is 0 Å². The minimum atomic E-state index is -0.450. The van der Waals surface area contributed by atoms with Crippen LogP contribution in [-0.2, 0) is 17.9 Å². The summed E-state index contributed by atoms with van der Waals surface area (Å²) in [7, 11) is 1.90. The molecule has 2 rings (SSSR count). The van der Waals surface area contributed by atoms with Gasteiger partial charge in [-0.25, -0.2) is 4.68 Å². The summed E-state index contributed by atoms with van der Waals surface area (Å²) >= 11 is 0. The molecule has 1 aromatic carbocycles. The number of rotatable bonds is 6. The van der Waals surface area contributed by atoms with Crippen LogP contribution in [0.4, 0.5) is 5.69 Å². The van der Waals surface area contributed by atoms with Crippen LogP contribution >= 0.6 is 0 Å². The van der Waals surface area contributed by atoms with Crippen LogP contribution in [0, 0.1) is 0 Å². The Morgan fingerprint density at radius 2 is 2.05 bits per heavy atom. The second-order valence-corrected chi connectivity index (χ2v) is 4.83. The minimum absolute atomic E-state index is 0.103. The first-order valence-corrected chi connectivity index (χ1v) is 6.67. The molecule has 0 atom stereocenters. The molecule has 2 aromatic rings. The second-order valence-electron chi connectivity index (χ2n) is 4.83. The molecule has 0 bridgehead atoms. The number of hydrogen-bond donors (Lipinski definition) is 1. The largest absolute Gasteiger partial charge is 0.370 e. The van der Waals surface area contributed by atoms with Gasteiger partial charge in [0.15, 0.2) is 0 Å². The summed E-state index contributed by atoms with van der Waals surface area (Å²) in [6.07, 6.45) is 1.72. The number of benzene rings is 1. The Morgan fingerprint density at radius 3 is 2.67 bits per heavy atom. The van der Waals surface area contributed by atoms with Gasteiger partial charge in [0.05, 0.1) is 18.4 Å². The van der Waals surface area contributed by atoms with E-state index in [1.807, 2.05) is 42.3 Å². The van der Waals surface area contributed by atoms with Crippen molar-refractivity contribution in [2.75, 3.05) is 11.9 Å². The van der Waals surface area contributed by atoms with Crippen LogP contribution in [0.5, 0.6) is 0 Å². The summed E-state index contributed by atoms with van der Waals surface area (Å²) in [6.45, 7) is 0.893. The van der Waals surface area contributed by atoms with Gasteiger partial charge in [-0.05, 0) is 5.56 Å². The average Bonchev–Trinajstić information content (AvgIpc) is 2.46. The zero-order valence-corrected chi connectivity index (χ0v) is 11.9. The van der Waals surface area contributed by atoms with E-state index in [1.165, 1.54) is 10.7 Å². The number of nitrogens with zero attached hydrogens (tertiary/aromatic N) is 3. The number of anilines is 1. The maximum Gasteiger partial charge on any atom is 0.268 e. The highest BCUT2D eigenvalue weighted by molar-refractivity contribution is 5.73. The highest BCUT2D eigenvalue weighted by Gasteiger charge is 2.06. The molecule has 0 spiro atoms. The monoisotopic (exact) mass is 286 g/mol. The molecular formula is C15H18N4O2. The van der Waals surface area contributed by atoms with Gasteiger partial charge in [-0.3, -0.25) is 9.59 Å². The van der Waals surface area contributed by atoms with E-state index in [-0.39, 0.29) is 18.5 Å². The minimum Gasteiger partial charge on any atom is -0.370 e. The fourth-order valence-corrected chi connectivity index (χ4v) is 1.97. The van der Waals surface area contributed by atoms with Crippen molar-refractivity contribution >= 4 is 11.6 Å². The summed E-state index contributed by atoms with van der Waals surface area (Å²) in [5.41, 5.74) is 6.71. The molecule has 6 nitrogen and oxygen atoms in total. The van der Waals surface area contributed by atoms with E-state index in [2.05, 4.69) is 5.10 Å². The van der Waals surface area contributed by atoms with Gasteiger partial charge in [0, 0.05) is 26.1 Å². The zero-order valence-electron chi connectivity index (χ0n) is 11.9. The molecule has 1 heterocycles. The van der Waals surface area contributed by atoms with Crippen molar-refractivity contribution in [3.63, 3.8) is 0 Å². The summed E-state index contributed by atoms with van der Waals surface area (Å²) in [5, 5.41) is 4.07. The lowest BCUT2D eigenvalue weighted by atomic mass is 10.2. The molecule has 0 saturated carbocycles. The van der Waals surface area contributed by atoms with E-state index >= 15 is 0 Å². The third kappa shape index (κ3) is 4.17. The first-order chi connectivity index (χ1) is 10.1. The van der Waals surface area contributed by atoms with Crippen molar-refractivity contribution < 1.29 is 4.79 Å². The zero-order chi connectivity index (χ0) is 15.2. The van der Waals surface area contributed by atoms with E-state index in [1.54, 1.807) is 6.20 Å². The highest BCUT2D eigenvalue weighted by Crippen LogP contribution is 2.11. The Bertz CT molecular complexity index is 667. The molecule has 6 heteroatoms. The standard InChI is InChI=1S/C15H18N4O2/c1-18(11-12-5-3-2-4-6-12)13-9-15(21)19(17-10-13)8-7-14(16)20/h2-6,9-10H,7-8,11H2,1H3,(H2,16,20). The van der Waals surface area contributed by atoms with Crippen molar-refractivity contribution in [1.82, 2.24) is 9.78 Å². The predicted octanol–water partition coefficient (Wildman–Crippen LogP) is 0.755. The van der Waals surface area contributed by atoms with Crippen molar-refractivity contribution in [1.29, 1.82) is 0 Å². The van der Waals surface area contributed by atoms with Crippen molar-refractivity contribution in [2.24, 2.45) is 5.73 Å². The molecular weight excluding hydrogens is 268 g/mol. The smallest absolute Gasteiger partial charge is 0.268 e. The maximum atomic E-state index is 11.9. The van der Waals surface area contributed by atoms with Crippen LogP contribution < -0.4 is 16.2 Å². The van der Waals surface area contributed by atoms with Gasteiger partial charge >= 0.3 is 0 Å². The van der Waals surface area contributed by atoms with Gasteiger partial charge in [0.2, 0.25) is 5.91 Å². The quantitative estimate of drug-likeness (QED) is 0.850. The first-order valence-electron chi connectivity index (χ1n) is 6.67. The van der Waals surface area contributed by atoms with Crippen molar-refractivity contribution in [3.05, 3.63) is 58.5 Å². The Kier molecular flexibility index (Phi) is 4.71. The third-order valence-corrected chi connectivity index (χ3v) is 3.13. The number of amides is 1. The molecule has 0 saturated heterocycles.